The van der Waals surface area contributed by atoms with Crippen LogP contribution in [-0.4, -0.2) is 24.0 Å². The molecule has 6 heteroatoms. The smallest absolute Gasteiger partial charge is 0.229 e. The number of halogens is 1. The standard InChI is InChI=1S/C24H21FN4O/c25-21-8-6-18(7-9-21)19-3-1-5-22(14-19)28-24(30)20-4-2-12-29(16-20)23-13-17(15-26)10-11-27-23/h1,3,5-11,13-14,20H,2,4,12,16H2,(H,28,30). The molecule has 0 aliphatic carbocycles. The quantitative estimate of drug-likeness (QED) is 0.694. The molecule has 1 unspecified atom stereocenters. The number of anilines is 2. The van der Waals surface area contributed by atoms with Gasteiger partial charge in [0.15, 0.2) is 0 Å². The number of nitriles is 1. The van der Waals surface area contributed by atoms with Crippen LogP contribution in [-0.2, 0) is 4.79 Å². The Kier molecular flexibility index (Phi) is 5.71. The number of amides is 1. The van der Waals surface area contributed by atoms with Gasteiger partial charge in [0.05, 0.1) is 17.6 Å². The number of hydrogen-bond donors (Lipinski definition) is 1. The number of hydrogen-bond acceptors (Lipinski definition) is 4. The average Bonchev–Trinajstić information content (AvgIpc) is 2.80. The SMILES string of the molecule is N#Cc1ccnc(N2CCCC(C(=O)Nc3cccc(-c4ccc(F)cc4)c3)C2)c1. The van der Waals surface area contributed by atoms with Crippen molar-refractivity contribution in [2.75, 3.05) is 23.3 Å². The molecule has 30 heavy (non-hydrogen) atoms. The van der Waals surface area contributed by atoms with Crippen molar-refractivity contribution in [1.29, 1.82) is 5.26 Å². The molecule has 2 heterocycles. The van der Waals surface area contributed by atoms with Crippen molar-refractivity contribution in [3.05, 3.63) is 78.2 Å². The topological polar surface area (TPSA) is 69.0 Å². The number of aromatic nitrogens is 1. The summed E-state index contributed by atoms with van der Waals surface area (Å²) in [6.45, 7) is 1.37. The van der Waals surface area contributed by atoms with Gasteiger partial charge >= 0.3 is 0 Å². The summed E-state index contributed by atoms with van der Waals surface area (Å²) in [4.78, 5) is 19.3. The largest absolute Gasteiger partial charge is 0.356 e. The van der Waals surface area contributed by atoms with Gasteiger partial charge in [-0.05, 0) is 60.4 Å². The van der Waals surface area contributed by atoms with E-state index < -0.39 is 0 Å². The zero-order valence-corrected chi connectivity index (χ0v) is 16.4. The van der Waals surface area contributed by atoms with Crippen LogP contribution in [0.3, 0.4) is 0 Å². The van der Waals surface area contributed by atoms with E-state index in [2.05, 4.69) is 21.3 Å². The van der Waals surface area contributed by atoms with Crippen LogP contribution < -0.4 is 10.2 Å². The first kappa shape index (κ1) is 19.6. The van der Waals surface area contributed by atoms with Crippen molar-refractivity contribution < 1.29 is 9.18 Å². The molecule has 0 radical (unpaired) electrons. The number of carbonyl (C=O) groups excluding carboxylic acids is 1. The summed E-state index contributed by atoms with van der Waals surface area (Å²) in [5, 5.41) is 12.1. The Balaban J connectivity index is 1.45. The van der Waals surface area contributed by atoms with E-state index >= 15 is 0 Å². The molecular formula is C24H21FN4O. The van der Waals surface area contributed by atoms with Gasteiger partial charge in [0.25, 0.3) is 0 Å². The number of rotatable bonds is 4. The highest BCUT2D eigenvalue weighted by Crippen LogP contribution is 2.26. The van der Waals surface area contributed by atoms with Gasteiger partial charge in [0.1, 0.15) is 11.6 Å². The second-order valence-corrected chi connectivity index (χ2v) is 7.38. The van der Waals surface area contributed by atoms with Crippen LogP contribution >= 0.6 is 0 Å². The summed E-state index contributed by atoms with van der Waals surface area (Å²) in [6, 6.07) is 19.4. The van der Waals surface area contributed by atoms with Crippen molar-refractivity contribution >= 4 is 17.4 Å². The van der Waals surface area contributed by atoms with Gasteiger partial charge in [-0.3, -0.25) is 4.79 Å². The van der Waals surface area contributed by atoms with E-state index in [0.29, 0.717) is 17.8 Å². The maximum atomic E-state index is 13.2. The molecule has 150 valence electrons. The molecule has 1 aromatic heterocycles. The molecule has 1 aliphatic heterocycles. The number of piperidine rings is 1. The van der Waals surface area contributed by atoms with Gasteiger partial charge in [-0.25, -0.2) is 9.37 Å². The highest BCUT2D eigenvalue weighted by molar-refractivity contribution is 5.93. The Hall–Kier alpha value is -3.72. The molecule has 4 rings (SSSR count). The molecule has 5 nitrogen and oxygen atoms in total. The van der Waals surface area contributed by atoms with E-state index in [-0.39, 0.29) is 17.6 Å². The van der Waals surface area contributed by atoms with Crippen LogP contribution in [0.15, 0.2) is 66.9 Å². The number of carbonyl (C=O) groups is 1. The lowest BCUT2D eigenvalue weighted by Gasteiger charge is -2.33. The van der Waals surface area contributed by atoms with E-state index in [9.17, 15) is 9.18 Å². The Morgan fingerprint density at radius 1 is 1.13 bits per heavy atom. The Bertz CT molecular complexity index is 1090. The van der Waals surface area contributed by atoms with Crippen LogP contribution in [0.2, 0.25) is 0 Å². The van der Waals surface area contributed by atoms with Crippen LogP contribution in [0.25, 0.3) is 11.1 Å². The molecule has 1 N–H and O–H groups in total. The Morgan fingerprint density at radius 2 is 1.97 bits per heavy atom. The highest BCUT2D eigenvalue weighted by Gasteiger charge is 2.26. The van der Waals surface area contributed by atoms with Gasteiger partial charge in [0.2, 0.25) is 5.91 Å². The van der Waals surface area contributed by atoms with Crippen LogP contribution in [0.4, 0.5) is 15.9 Å². The summed E-state index contributed by atoms with van der Waals surface area (Å²) in [5.74, 6) is 0.248. The molecule has 1 saturated heterocycles. The van der Waals surface area contributed by atoms with Crippen molar-refractivity contribution in [1.82, 2.24) is 4.98 Å². The number of pyridine rings is 1. The van der Waals surface area contributed by atoms with Crippen molar-refractivity contribution in [3.63, 3.8) is 0 Å². The third-order valence-electron chi connectivity index (χ3n) is 5.30. The van der Waals surface area contributed by atoms with E-state index in [4.69, 9.17) is 5.26 Å². The van der Waals surface area contributed by atoms with Crippen LogP contribution in [0.5, 0.6) is 0 Å². The van der Waals surface area contributed by atoms with Gasteiger partial charge in [-0.15, -0.1) is 0 Å². The summed E-state index contributed by atoms with van der Waals surface area (Å²) >= 11 is 0. The number of nitrogens with zero attached hydrogens (tertiary/aromatic N) is 3. The van der Waals surface area contributed by atoms with Crippen LogP contribution in [0.1, 0.15) is 18.4 Å². The third-order valence-corrected chi connectivity index (χ3v) is 5.30. The molecular weight excluding hydrogens is 379 g/mol. The fourth-order valence-electron chi connectivity index (χ4n) is 3.72. The maximum absolute atomic E-state index is 13.2. The van der Waals surface area contributed by atoms with Crippen molar-refractivity contribution in [3.8, 4) is 17.2 Å². The lowest BCUT2D eigenvalue weighted by molar-refractivity contribution is -0.120. The Labute approximate surface area is 174 Å². The number of benzene rings is 2. The summed E-state index contributed by atoms with van der Waals surface area (Å²) in [7, 11) is 0. The van der Waals surface area contributed by atoms with E-state index in [1.165, 1.54) is 12.1 Å². The third kappa shape index (κ3) is 4.47. The molecule has 1 fully saturated rings. The zero-order valence-electron chi connectivity index (χ0n) is 16.4. The summed E-state index contributed by atoms with van der Waals surface area (Å²) in [5.41, 5.74) is 3.07. The molecule has 1 atom stereocenters. The molecule has 0 spiro atoms. The minimum Gasteiger partial charge on any atom is -0.356 e. The normalized spacial score (nSPS) is 16.0. The predicted octanol–water partition coefficient (Wildman–Crippen LogP) is 4.61. The minimum absolute atomic E-state index is 0.0348. The molecule has 1 aliphatic rings. The van der Waals surface area contributed by atoms with Gasteiger partial charge in [0, 0.05) is 25.0 Å². The zero-order chi connectivity index (χ0) is 20.9. The predicted molar refractivity (Wildman–Crippen MR) is 114 cm³/mol. The summed E-state index contributed by atoms with van der Waals surface area (Å²) in [6.07, 6.45) is 3.31. The monoisotopic (exact) mass is 400 g/mol. The summed E-state index contributed by atoms with van der Waals surface area (Å²) < 4.78 is 13.2. The van der Waals surface area contributed by atoms with E-state index in [0.717, 1.165) is 36.3 Å². The first-order chi connectivity index (χ1) is 14.6. The molecule has 3 aromatic rings. The highest BCUT2D eigenvalue weighted by atomic mass is 19.1. The fourth-order valence-corrected chi connectivity index (χ4v) is 3.72. The first-order valence-electron chi connectivity index (χ1n) is 9.90. The Morgan fingerprint density at radius 3 is 2.77 bits per heavy atom. The van der Waals surface area contributed by atoms with Crippen molar-refractivity contribution in [2.24, 2.45) is 5.92 Å². The second kappa shape index (κ2) is 8.75. The second-order valence-electron chi connectivity index (χ2n) is 7.38. The maximum Gasteiger partial charge on any atom is 0.229 e. The van der Waals surface area contributed by atoms with Gasteiger partial charge in [-0.1, -0.05) is 24.3 Å². The molecule has 0 bridgehead atoms. The van der Waals surface area contributed by atoms with Gasteiger partial charge < -0.3 is 10.2 Å². The minimum atomic E-state index is -0.278. The lowest BCUT2D eigenvalue weighted by Crippen LogP contribution is -2.41. The number of nitrogens with one attached hydrogen (secondary N) is 1. The molecule has 1 amide bonds. The van der Waals surface area contributed by atoms with Gasteiger partial charge in [-0.2, -0.15) is 5.26 Å². The molecule has 2 aromatic carbocycles. The first-order valence-corrected chi connectivity index (χ1v) is 9.90. The van der Waals surface area contributed by atoms with Crippen molar-refractivity contribution in [2.45, 2.75) is 12.8 Å². The lowest BCUT2D eigenvalue weighted by atomic mass is 9.96. The molecule has 0 saturated carbocycles. The fraction of sp³-hybridized carbons (Fsp3) is 0.208. The average molecular weight is 400 g/mol. The van der Waals surface area contributed by atoms with E-state index in [1.54, 1.807) is 30.5 Å². The van der Waals surface area contributed by atoms with Crippen LogP contribution in [0, 0.1) is 23.1 Å². The van der Waals surface area contributed by atoms with E-state index in [1.807, 2.05) is 24.3 Å².